The molecule has 0 spiro atoms. The van der Waals surface area contributed by atoms with Crippen molar-refractivity contribution in [2.75, 3.05) is 23.7 Å². The van der Waals surface area contributed by atoms with Crippen LogP contribution in [-0.4, -0.2) is 33.8 Å². The molecule has 0 saturated carbocycles. The first-order valence-electron chi connectivity index (χ1n) is 5.51. The highest BCUT2D eigenvalue weighted by molar-refractivity contribution is 6.28. The number of halogens is 1. The number of nitrogen functional groups attached to an aromatic ring is 1. The van der Waals surface area contributed by atoms with Crippen molar-refractivity contribution in [3.8, 4) is 0 Å². The third-order valence-corrected chi connectivity index (χ3v) is 2.52. The van der Waals surface area contributed by atoms with E-state index in [1.807, 2.05) is 11.8 Å². The molecule has 0 aliphatic heterocycles. The smallest absolute Gasteiger partial charge is 0.224 e. The van der Waals surface area contributed by atoms with Gasteiger partial charge in [-0.2, -0.15) is 4.98 Å². The first-order valence-corrected chi connectivity index (χ1v) is 5.89. The van der Waals surface area contributed by atoms with E-state index < -0.39 is 5.60 Å². The van der Waals surface area contributed by atoms with Gasteiger partial charge < -0.3 is 15.7 Å². The highest BCUT2D eigenvalue weighted by Crippen LogP contribution is 2.25. The highest BCUT2D eigenvalue weighted by Gasteiger charge is 2.21. The van der Waals surface area contributed by atoms with Gasteiger partial charge in [-0.15, -0.1) is 0 Å². The number of hydrogen-bond acceptors (Lipinski definition) is 5. The summed E-state index contributed by atoms with van der Waals surface area (Å²) in [6.07, 6.45) is 0. The first-order chi connectivity index (χ1) is 7.74. The van der Waals surface area contributed by atoms with Crippen molar-refractivity contribution in [2.24, 2.45) is 0 Å². The molecular formula is C11H19ClN4O. The number of aromatic nitrogens is 2. The number of anilines is 2. The Kier molecular flexibility index (Phi) is 4.16. The molecule has 1 aromatic rings. The quantitative estimate of drug-likeness (QED) is 0.803. The van der Waals surface area contributed by atoms with Gasteiger partial charge in [0, 0.05) is 13.1 Å². The number of hydrogen-bond donors (Lipinski definition) is 2. The van der Waals surface area contributed by atoms with Crippen molar-refractivity contribution in [1.82, 2.24) is 9.97 Å². The van der Waals surface area contributed by atoms with Crippen LogP contribution in [0.25, 0.3) is 0 Å². The summed E-state index contributed by atoms with van der Waals surface area (Å²) in [5, 5.41) is 10.0. The third-order valence-electron chi connectivity index (χ3n) is 2.35. The lowest BCUT2D eigenvalue weighted by atomic mass is 10.1. The largest absolute Gasteiger partial charge is 0.394 e. The van der Waals surface area contributed by atoms with Crippen LogP contribution < -0.4 is 10.6 Å². The molecule has 0 bridgehead atoms. The molecule has 0 unspecified atom stereocenters. The van der Waals surface area contributed by atoms with E-state index in [-0.39, 0.29) is 5.28 Å². The van der Waals surface area contributed by atoms with Crippen LogP contribution in [0.5, 0.6) is 0 Å². The molecule has 1 rings (SSSR count). The lowest BCUT2D eigenvalue weighted by Gasteiger charge is -2.30. The van der Waals surface area contributed by atoms with E-state index in [1.54, 1.807) is 20.8 Å². The number of rotatable bonds is 4. The van der Waals surface area contributed by atoms with Gasteiger partial charge in [-0.25, -0.2) is 4.98 Å². The topological polar surface area (TPSA) is 75.3 Å². The summed E-state index contributed by atoms with van der Waals surface area (Å²) < 4.78 is 0. The molecule has 0 aliphatic carbocycles. The maximum Gasteiger partial charge on any atom is 0.224 e. The Morgan fingerprint density at radius 2 is 2.00 bits per heavy atom. The Labute approximate surface area is 107 Å². The van der Waals surface area contributed by atoms with Gasteiger partial charge in [-0.1, -0.05) is 0 Å². The van der Waals surface area contributed by atoms with E-state index in [1.165, 1.54) is 0 Å². The molecule has 0 atom stereocenters. The third kappa shape index (κ3) is 3.71. The van der Waals surface area contributed by atoms with Gasteiger partial charge in [0.25, 0.3) is 0 Å². The standard InChI is InChI=1S/C11H19ClN4O/c1-5-16(6-11(3,4)17)9-8(13)7(2)14-10(12)15-9/h17H,5-6,13H2,1-4H3. The molecule has 1 aromatic heterocycles. The molecular weight excluding hydrogens is 240 g/mol. The summed E-state index contributed by atoms with van der Waals surface area (Å²) in [6, 6.07) is 0. The maximum atomic E-state index is 9.85. The average Bonchev–Trinajstić information content (AvgIpc) is 2.18. The molecule has 5 nitrogen and oxygen atoms in total. The van der Waals surface area contributed by atoms with Crippen LogP contribution in [0.2, 0.25) is 5.28 Å². The van der Waals surface area contributed by atoms with Crippen molar-refractivity contribution in [2.45, 2.75) is 33.3 Å². The summed E-state index contributed by atoms with van der Waals surface area (Å²) >= 11 is 5.83. The second kappa shape index (κ2) is 5.06. The Morgan fingerprint density at radius 1 is 1.41 bits per heavy atom. The van der Waals surface area contributed by atoms with Crippen molar-refractivity contribution in [3.63, 3.8) is 0 Å². The fraction of sp³-hybridized carbons (Fsp3) is 0.636. The van der Waals surface area contributed by atoms with E-state index in [4.69, 9.17) is 17.3 Å². The number of aliphatic hydroxyl groups is 1. The van der Waals surface area contributed by atoms with Crippen molar-refractivity contribution >= 4 is 23.1 Å². The molecule has 0 radical (unpaired) electrons. The Hall–Kier alpha value is -1.07. The van der Waals surface area contributed by atoms with Gasteiger partial charge in [0.05, 0.1) is 17.0 Å². The number of nitrogens with zero attached hydrogens (tertiary/aromatic N) is 3. The SMILES string of the molecule is CCN(CC(C)(C)O)c1nc(Cl)nc(C)c1N. The molecule has 17 heavy (non-hydrogen) atoms. The molecule has 3 N–H and O–H groups in total. The van der Waals surface area contributed by atoms with Crippen LogP contribution >= 0.6 is 11.6 Å². The fourth-order valence-corrected chi connectivity index (χ4v) is 1.78. The van der Waals surface area contributed by atoms with Crippen LogP contribution in [-0.2, 0) is 0 Å². The minimum absolute atomic E-state index is 0.167. The number of aryl methyl sites for hydroxylation is 1. The summed E-state index contributed by atoms with van der Waals surface area (Å²) in [5.41, 5.74) is 6.26. The van der Waals surface area contributed by atoms with Crippen LogP contribution in [0, 0.1) is 6.92 Å². The Balaban J connectivity index is 3.12. The predicted molar refractivity (Wildman–Crippen MR) is 70.4 cm³/mol. The van der Waals surface area contributed by atoms with Crippen LogP contribution in [0.3, 0.4) is 0 Å². The molecule has 0 fully saturated rings. The van der Waals surface area contributed by atoms with E-state index in [2.05, 4.69) is 9.97 Å². The summed E-state index contributed by atoms with van der Waals surface area (Å²) in [7, 11) is 0. The second-order valence-corrected chi connectivity index (χ2v) is 4.98. The Bertz CT molecular complexity index is 403. The van der Waals surface area contributed by atoms with Crippen molar-refractivity contribution < 1.29 is 5.11 Å². The summed E-state index contributed by atoms with van der Waals surface area (Å²) in [6.45, 7) is 8.34. The number of likely N-dealkylation sites (N-methyl/N-ethyl adjacent to an activating group) is 1. The van der Waals surface area contributed by atoms with Crippen molar-refractivity contribution in [3.05, 3.63) is 11.0 Å². The molecule has 0 saturated heterocycles. The maximum absolute atomic E-state index is 9.85. The van der Waals surface area contributed by atoms with Gasteiger partial charge in [0.2, 0.25) is 5.28 Å². The summed E-state index contributed by atoms with van der Waals surface area (Å²) in [4.78, 5) is 10.0. The monoisotopic (exact) mass is 258 g/mol. The van der Waals surface area contributed by atoms with Gasteiger partial charge in [0.1, 0.15) is 0 Å². The molecule has 0 amide bonds. The zero-order valence-electron chi connectivity index (χ0n) is 10.7. The fourth-order valence-electron chi connectivity index (χ4n) is 1.58. The predicted octanol–water partition coefficient (Wildman–Crippen LogP) is 1.62. The zero-order chi connectivity index (χ0) is 13.2. The Morgan fingerprint density at radius 3 is 2.47 bits per heavy atom. The van der Waals surface area contributed by atoms with E-state index in [9.17, 15) is 5.11 Å². The molecule has 0 aromatic carbocycles. The normalized spacial score (nSPS) is 11.6. The van der Waals surface area contributed by atoms with Crippen LogP contribution in [0.1, 0.15) is 26.5 Å². The van der Waals surface area contributed by atoms with Gasteiger partial charge in [0.15, 0.2) is 5.82 Å². The minimum Gasteiger partial charge on any atom is -0.394 e. The second-order valence-electron chi connectivity index (χ2n) is 4.64. The summed E-state index contributed by atoms with van der Waals surface area (Å²) in [5.74, 6) is 0.576. The van der Waals surface area contributed by atoms with Gasteiger partial charge in [-0.05, 0) is 39.3 Å². The molecule has 0 aliphatic rings. The average molecular weight is 259 g/mol. The lowest BCUT2D eigenvalue weighted by Crippen LogP contribution is -2.39. The highest BCUT2D eigenvalue weighted by atomic mass is 35.5. The lowest BCUT2D eigenvalue weighted by molar-refractivity contribution is 0.0874. The van der Waals surface area contributed by atoms with Crippen LogP contribution in [0.4, 0.5) is 11.5 Å². The van der Waals surface area contributed by atoms with Crippen molar-refractivity contribution in [1.29, 1.82) is 0 Å². The number of nitrogens with two attached hydrogens (primary N) is 1. The van der Waals surface area contributed by atoms with Gasteiger partial charge >= 0.3 is 0 Å². The van der Waals surface area contributed by atoms with Crippen LogP contribution in [0.15, 0.2) is 0 Å². The molecule has 6 heteroatoms. The molecule has 96 valence electrons. The zero-order valence-corrected chi connectivity index (χ0v) is 11.4. The van der Waals surface area contributed by atoms with E-state index in [0.29, 0.717) is 30.3 Å². The van der Waals surface area contributed by atoms with E-state index >= 15 is 0 Å². The molecule has 1 heterocycles. The van der Waals surface area contributed by atoms with Gasteiger partial charge in [-0.3, -0.25) is 0 Å². The minimum atomic E-state index is -0.826. The first kappa shape index (κ1) is 14.0. The van der Waals surface area contributed by atoms with E-state index in [0.717, 1.165) is 0 Å².